The Labute approximate surface area is 365 Å². The first-order chi connectivity index (χ1) is 29.8. The number of ether oxygens (including phenoxy) is 3. The van der Waals surface area contributed by atoms with E-state index in [9.17, 15) is 19.4 Å². The van der Waals surface area contributed by atoms with E-state index in [4.69, 9.17) is 24.2 Å². The summed E-state index contributed by atoms with van der Waals surface area (Å²) in [5.41, 5.74) is 3.55. The van der Waals surface area contributed by atoms with Crippen LogP contribution in [-0.4, -0.2) is 71.6 Å². The molecule has 1 aliphatic heterocycles. The fraction of sp³-hybridized carbons (Fsp3) is 0.608. The molecule has 6 unspecified atom stereocenters. The average molecular weight is 845 g/mol. The van der Waals surface area contributed by atoms with Crippen LogP contribution < -0.4 is 9.47 Å². The fourth-order valence-electron chi connectivity index (χ4n) is 9.92. The number of aliphatic hydroxyl groups excluding tert-OH is 2. The standard InChI is InChI=1S/C51H73FN2O7/c1-5-9-10-11-12-13-14-15-16-23-48(57)54(37-38-24-26-40(52)27-25-38)47-36-45(53-60-8-4)43-34-39(21-17-19-30-55)42(22-18-20-31-56)49-44-35-41(58-32-6-2)28-29-46(44)61-51(47,50(43)49)59-33-7-3/h6-7,24-29,34-35,39,42,47,49-50,55-56H,2-3,5,8-23,30-33,36-37H2,1,4H3. The van der Waals surface area contributed by atoms with E-state index < -0.39 is 17.7 Å². The molecule has 0 bridgehead atoms. The Balaban J connectivity index is 1.66. The van der Waals surface area contributed by atoms with Crippen molar-refractivity contribution in [2.24, 2.45) is 22.9 Å². The van der Waals surface area contributed by atoms with Gasteiger partial charge in [0, 0.05) is 44.1 Å². The maximum atomic E-state index is 15.0. The monoisotopic (exact) mass is 845 g/mol. The molecule has 0 radical (unpaired) electrons. The third-order valence-electron chi connectivity index (χ3n) is 12.8. The van der Waals surface area contributed by atoms with E-state index in [1.165, 1.54) is 50.7 Å². The molecule has 1 heterocycles. The van der Waals surface area contributed by atoms with Gasteiger partial charge in [0.15, 0.2) is 0 Å². The van der Waals surface area contributed by atoms with Gasteiger partial charge >= 0.3 is 0 Å². The highest BCUT2D eigenvalue weighted by atomic mass is 19.1. The molecule has 1 saturated carbocycles. The van der Waals surface area contributed by atoms with Crippen LogP contribution in [0.25, 0.3) is 0 Å². The molecule has 336 valence electrons. The minimum Gasteiger partial charge on any atom is -0.490 e. The van der Waals surface area contributed by atoms with Crippen LogP contribution in [0.1, 0.15) is 140 Å². The molecule has 2 N–H and O–H groups in total. The van der Waals surface area contributed by atoms with Gasteiger partial charge in [0.25, 0.3) is 0 Å². The number of nitrogens with zero attached hydrogens (tertiary/aromatic N) is 2. The number of fused-ring (bicyclic) bond motifs is 2. The third kappa shape index (κ3) is 12.6. The van der Waals surface area contributed by atoms with Gasteiger partial charge in [0.2, 0.25) is 11.7 Å². The molecule has 3 aliphatic rings. The maximum absolute atomic E-state index is 15.0. The van der Waals surface area contributed by atoms with Crippen molar-refractivity contribution in [3.05, 3.63) is 96.4 Å². The highest BCUT2D eigenvalue weighted by molar-refractivity contribution is 6.03. The van der Waals surface area contributed by atoms with E-state index in [2.05, 4.69) is 32.2 Å². The van der Waals surface area contributed by atoms with Crippen LogP contribution in [0.3, 0.4) is 0 Å². The molecule has 2 aromatic rings. The second kappa shape index (κ2) is 25.2. The molecule has 5 rings (SSSR count). The van der Waals surface area contributed by atoms with Crippen LogP contribution in [0, 0.1) is 23.6 Å². The van der Waals surface area contributed by atoms with Gasteiger partial charge in [-0.3, -0.25) is 4.79 Å². The summed E-state index contributed by atoms with van der Waals surface area (Å²) in [6.07, 6.45) is 21.5. The zero-order chi connectivity index (χ0) is 43.5. The van der Waals surface area contributed by atoms with Gasteiger partial charge in [-0.1, -0.05) is 113 Å². The normalized spacial score (nSPS) is 23.3. The largest absolute Gasteiger partial charge is 0.490 e. The van der Waals surface area contributed by atoms with Crippen molar-refractivity contribution in [2.75, 3.05) is 33.0 Å². The lowest BCUT2D eigenvalue weighted by atomic mass is 9.55. The number of rotatable bonds is 29. The van der Waals surface area contributed by atoms with Gasteiger partial charge < -0.3 is 34.2 Å². The topological polar surface area (TPSA) is 110 Å². The van der Waals surface area contributed by atoms with Gasteiger partial charge in [-0.2, -0.15) is 0 Å². The lowest BCUT2D eigenvalue weighted by molar-refractivity contribution is -0.258. The Kier molecular flexibility index (Phi) is 19.9. The third-order valence-corrected chi connectivity index (χ3v) is 12.8. The van der Waals surface area contributed by atoms with Gasteiger partial charge in [0.1, 0.15) is 36.6 Å². The lowest BCUT2D eigenvalue weighted by Crippen LogP contribution is -2.70. The number of benzene rings is 2. The Hall–Kier alpha value is -3.99. The molecule has 2 aliphatic carbocycles. The number of carbonyl (C=O) groups is 1. The quantitative estimate of drug-likeness (QED) is 0.0477. The molecule has 2 aromatic carbocycles. The molecule has 1 amide bonds. The summed E-state index contributed by atoms with van der Waals surface area (Å²) >= 11 is 0. The van der Waals surface area contributed by atoms with Crippen molar-refractivity contribution >= 4 is 11.6 Å². The van der Waals surface area contributed by atoms with Crippen LogP contribution in [-0.2, 0) is 20.9 Å². The highest BCUT2D eigenvalue weighted by Crippen LogP contribution is 2.62. The smallest absolute Gasteiger partial charge is 0.239 e. The number of unbranched alkanes of at least 4 members (excludes halogenated alkanes) is 10. The van der Waals surface area contributed by atoms with E-state index in [1.807, 2.05) is 24.0 Å². The first-order valence-electron chi connectivity index (χ1n) is 23.3. The number of oxime groups is 1. The number of aliphatic hydroxyl groups is 2. The van der Waals surface area contributed by atoms with E-state index in [0.717, 1.165) is 67.4 Å². The first-order valence-corrected chi connectivity index (χ1v) is 23.3. The summed E-state index contributed by atoms with van der Waals surface area (Å²) in [6, 6.07) is 11.7. The molecule has 61 heavy (non-hydrogen) atoms. The number of halogens is 1. The molecule has 1 fully saturated rings. The summed E-state index contributed by atoms with van der Waals surface area (Å²) in [5.74, 6) is -0.714. The second-order valence-corrected chi connectivity index (χ2v) is 17.0. The van der Waals surface area contributed by atoms with Crippen LogP contribution >= 0.6 is 0 Å². The molecule has 10 heteroatoms. The Morgan fingerprint density at radius 1 is 0.902 bits per heavy atom. The molecule has 6 atom stereocenters. The van der Waals surface area contributed by atoms with Gasteiger partial charge in [-0.05, 0) is 92.3 Å². The van der Waals surface area contributed by atoms with Gasteiger partial charge in [-0.25, -0.2) is 4.39 Å². The molecule has 9 nitrogen and oxygen atoms in total. The van der Waals surface area contributed by atoms with Gasteiger partial charge in [0.05, 0.1) is 18.2 Å². The molecule has 0 saturated heterocycles. The predicted molar refractivity (Wildman–Crippen MR) is 241 cm³/mol. The van der Waals surface area contributed by atoms with E-state index in [1.54, 1.807) is 24.3 Å². The fourth-order valence-corrected chi connectivity index (χ4v) is 9.92. The van der Waals surface area contributed by atoms with Crippen molar-refractivity contribution in [3.8, 4) is 11.5 Å². The number of allylic oxidation sites excluding steroid dienone is 1. The Bertz CT molecular complexity index is 1730. The van der Waals surface area contributed by atoms with Crippen molar-refractivity contribution in [1.82, 2.24) is 4.90 Å². The maximum Gasteiger partial charge on any atom is 0.239 e. The number of amides is 1. The molecule has 0 spiro atoms. The number of hydrogen-bond donors (Lipinski definition) is 2. The van der Waals surface area contributed by atoms with E-state index in [-0.39, 0.29) is 55.8 Å². The number of carbonyl (C=O) groups excluding carboxylic acids is 1. The first kappa shape index (κ1) is 48.0. The molecular formula is C51H73FN2O7. The zero-order valence-electron chi connectivity index (χ0n) is 37.0. The van der Waals surface area contributed by atoms with Crippen LogP contribution in [0.2, 0.25) is 0 Å². The zero-order valence-corrected chi connectivity index (χ0v) is 37.0. The SMILES string of the molecule is C=CCOc1ccc2c(c1)C1C(CCCCO)C(CCCCO)C=C3C(=NOCC)CC(N(Cc4ccc(F)cc4)C(=O)CCCCCCCCCCC)C(OCC=C)(O2)C31. The summed E-state index contributed by atoms with van der Waals surface area (Å²) < 4.78 is 35.0. The summed E-state index contributed by atoms with van der Waals surface area (Å²) in [5, 5.41) is 24.6. The van der Waals surface area contributed by atoms with Crippen molar-refractivity contribution in [1.29, 1.82) is 0 Å². The van der Waals surface area contributed by atoms with Crippen LogP contribution in [0.4, 0.5) is 4.39 Å². The van der Waals surface area contributed by atoms with Crippen molar-refractivity contribution in [3.63, 3.8) is 0 Å². The molecule has 0 aromatic heterocycles. The van der Waals surface area contributed by atoms with E-state index in [0.29, 0.717) is 50.4 Å². The van der Waals surface area contributed by atoms with Crippen LogP contribution in [0.5, 0.6) is 11.5 Å². The minimum absolute atomic E-state index is 0.0154. The molecular weight excluding hydrogens is 772 g/mol. The summed E-state index contributed by atoms with van der Waals surface area (Å²) in [4.78, 5) is 22.8. The summed E-state index contributed by atoms with van der Waals surface area (Å²) in [7, 11) is 0. The number of hydrogen-bond acceptors (Lipinski definition) is 8. The Morgan fingerprint density at radius 3 is 2.26 bits per heavy atom. The summed E-state index contributed by atoms with van der Waals surface area (Å²) in [6.45, 7) is 13.4. The predicted octanol–water partition coefficient (Wildman–Crippen LogP) is 11.0. The average Bonchev–Trinajstić information content (AvgIpc) is 3.27. The van der Waals surface area contributed by atoms with Gasteiger partial charge in [-0.15, -0.1) is 6.58 Å². The highest BCUT2D eigenvalue weighted by Gasteiger charge is 2.65. The Morgan fingerprint density at radius 2 is 1.59 bits per heavy atom. The lowest BCUT2D eigenvalue weighted by Gasteiger charge is -2.60. The second-order valence-electron chi connectivity index (χ2n) is 17.0. The minimum atomic E-state index is -1.37. The van der Waals surface area contributed by atoms with E-state index >= 15 is 0 Å². The van der Waals surface area contributed by atoms with Crippen molar-refractivity contribution < 1.29 is 38.4 Å². The van der Waals surface area contributed by atoms with Crippen LogP contribution in [0.15, 0.2) is 84.6 Å². The van der Waals surface area contributed by atoms with Crippen molar-refractivity contribution in [2.45, 2.75) is 147 Å².